The summed E-state index contributed by atoms with van der Waals surface area (Å²) in [5.74, 6) is 1.21. The summed E-state index contributed by atoms with van der Waals surface area (Å²) in [7, 11) is 4.53. The molecule has 0 aliphatic heterocycles. The minimum absolute atomic E-state index is 0.187. The molecule has 170 valence electrons. The van der Waals surface area contributed by atoms with Gasteiger partial charge in [0.05, 0.1) is 33.4 Å². The van der Waals surface area contributed by atoms with Crippen LogP contribution in [0.2, 0.25) is 0 Å². The number of aromatic nitrogens is 1. The molecule has 0 aliphatic rings. The Labute approximate surface area is 187 Å². The van der Waals surface area contributed by atoms with Crippen molar-refractivity contribution in [2.24, 2.45) is 5.92 Å². The van der Waals surface area contributed by atoms with Crippen molar-refractivity contribution in [3.05, 3.63) is 63.4 Å². The number of hydrogen-bond donors (Lipinski definition) is 1. The number of aryl methyl sites for hydroxylation is 1. The molecule has 0 aliphatic carbocycles. The lowest BCUT2D eigenvalue weighted by molar-refractivity contribution is 0.0721. The molecule has 1 heterocycles. The molecule has 2 aromatic carbocycles. The number of benzene rings is 2. The van der Waals surface area contributed by atoms with E-state index in [1.807, 2.05) is 45.0 Å². The summed E-state index contributed by atoms with van der Waals surface area (Å²) in [5.41, 5.74) is 2.54. The third-order valence-corrected chi connectivity index (χ3v) is 5.31. The van der Waals surface area contributed by atoms with Gasteiger partial charge in [0.1, 0.15) is 0 Å². The average molecular weight is 439 g/mol. The molecule has 0 fully saturated rings. The van der Waals surface area contributed by atoms with Crippen LogP contribution in [0.5, 0.6) is 17.2 Å². The number of pyridine rings is 1. The molecule has 0 spiro atoms. The molecule has 0 bridgehead atoms. The van der Waals surface area contributed by atoms with Gasteiger partial charge < -0.3 is 24.1 Å². The number of rotatable bonds is 8. The van der Waals surface area contributed by atoms with E-state index < -0.39 is 0 Å². The van der Waals surface area contributed by atoms with Crippen molar-refractivity contribution in [2.75, 3.05) is 27.9 Å². The van der Waals surface area contributed by atoms with E-state index >= 15 is 0 Å². The van der Waals surface area contributed by atoms with E-state index in [0.717, 1.165) is 16.5 Å². The molecule has 0 unspecified atom stereocenters. The predicted octanol–water partition coefficient (Wildman–Crippen LogP) is 4.16. The molecule has 0 radical (unpaired) electrons. The van der Waals surface area contributed by atoms with Crippen molar-refractivity contribution in [1.29, 1.82) is 0 Å². The summed E-state index contributed by atoms with van der Waals surface area (Å²) in [6, 6.07) is 11.0. The fraction of sp³-hybridized carbons (Fsp3) is 0.360. The molecule has 7 nitrogen and oxygen atoms in total. The highest BCUT2D eigenvalue weighted by atomic mass is 16.5. The highest BCUT2D eigenvalue weighted by Crippen LogP contribution is 2.38. The Kier molecular flexibility index (Phi) is 7.08. The first-order chi connectivity index (χ1) is 15.3. The van der Waals surface area contributed by atoms with E-state index in [9.17, 15) is 9.59 Å². The van der Waals surface area contributed by atoms with Crippen LogP contribution >= 0.6 is 0 Å². The van der Waals surface area contributed by atoms with Crippen molar-refractivity contribution in [3.8, 4) is 17.2 Å². The highest BCUT2D eigenvalue weighted by Gasteiger charge is 2.23. The fourth-order valence-electron chi connectivity index (χ4n) is 3.80. The second-order valence-corrected chi connectivity index (χ2v) is 8.16. The number of amides is 1. The first-order valence-corrected chi connectivity index (χ1v) is 10.5. The minimum atomic E-state index is -0.221. The number of aromatic amines is 1. The van der Waals surface area contributed by atoms with E-state index in [0.29, 0.717) is 34.9 Å². The van der Waals surface area contributed by atoms with Crippen molar-refractivity contribution in [3.63, 3.8) is 0 Å². The standard InChI is InChI=1S/C25H30N2O5/c1-15(2)13-27(14-19-10-17-9-7-8-16(3)22(17)26-24(19)28)25(29)18-11-20(30-4)23(32-6)21(12-18)31-5/h7-12,15H,13-14H2,1-6H3,(H,26,28). The van der Waals surface area contributed by atoms with Crippen molar-refractivity contribution >= 4 is 16.8 Å². The molecule has 1 N–H and O–H groups in total. The summed E-state index contributed by atoms with van der Waals surface area (Å²) in [4.78, 5) is 31.0. The smallest absolute Gasteiger partial charge is 0.254 e. The summed E-state index contributed by atoms with van der Waals surface area (Å²) >= 11 is 0. The Morgan fingerprint density at radius 2 is 1.69 bits per heavy atom. The van der Waals surface area contributed by atoms with Gasteiger partial charge >= 0.3 is 0 Å². The number of carbonyl (C=O) groups is 1. The van der Waals surface area contributed by atoms with Gasteiger partial charge in [0.2, 0.25) is 5.75 Å². The van der Waals surface area contributed by atoms with Crippen LogP contribution in [0.1, 0.15) is 35.3 Å². The van der Waals surface area contributed by atoms with E-state index in [1.54, 1.807) is 17.0 Å². The molecule has 3 aromatic rings. The minimum Gasteiger partial charge on any atom is -0.493 e. The van der Waals surface area contributed by atoms with Crippen LogP contribution in [0.3, 0.4) is 0 Å². The lowest BCUT2D eigenvalue weighted by Crippen LogP contribution is -2.35. The molecule has 7 heteroatoms. The average Bonchev–Trinajstić information content (AvgIpc) is 2.77. The van der Waals surface area contributed by atoms with Crippen LogP contribution in [0.4, 0.5) is 0 Å². The molecular formula is C25H30N2O5. The Morgan fingerprint density at radius 3 is 2.25 bits per heavy atom. The number of nitrogens with zero attached hydrogens (tertiary/aromatic N) is 1. The zero-order valence-electron chi connectivity index (χ0n) is 19.4. The number of H-pyrrole nitrogens is 1. The highest BCUT2D eigenvalue weighted by molar-refractivity contribution is 5.95. The molecule has 0 atom stereocenters. The van der Waals surface area contributed by atoms with Crippen LogP contribution in [0.15, 0.2) is 41.2 Å². The molecule has 1 amide bonds. The third-order valence-electron chi connectivity index (χ3n) is 5.31. The van der Waals surface area contributed by atoms with E-state index in [2.05, 4.69) is 4.98 Å². The lowest BCUT2D eigenvalue weighted by Gasteiger charge is -2.25. The molecule has 0 saturated heterocycles. The maximum Gasteiger partial charge on any atom is 0.254 e. The summed E-state index contributed by atoms with van der Waals surface area (Å²) < 4.78 is 16.2. The van der Waals surface area contributed by atoms with Gasteiger partial charge in [0, 0.05) is 17.7 Å². The Hall–Kier alpha value is -3.48. The van der Waals surface area contributed by atoms with E-state index in [-0.39, 0.29) is 23.9 Å². The normalized spacial score (nSPS) is 11.0. The fourth-order valence-corrected chi connectivity index (χ4v) is 3.80. The largest absolute Gasteiger partial charge is 0.493 e. The first-order valence-electron chi connectivity index (χ1n) is 10.5. The summed E-state index contributed by atoms with van der Waals surface area (Å²) in [6.45, 7) is 6.69. The maximum absolute atomic E-state index is 13.5. The Balaban J connectivity index is 2.02. The van der Waals surface area contributed by atoms with Gasteiger partial charge in [-0.05, 0) is 42.0 Å². The van der Waals surface area contributed by atoms with Crippen LogP contribution in [-0.2, 0) is 6.54 Å². The van der Waals surface area contributed by atoms with Gasteiger partial charge in [-0.2, -0.15) is 0 Å². The second-order valence-electron chi connectivity index (χ2n) is 8.16. The number of methoxy groups -OCH3 is 3. The SMILES string of the molecule is COc1cc(C(=O)N(Cc2cc3cccc(C)c3[nH]c2=O)CC(C)C)cc(OC)c1OC. The zero-order valence-corrected chi connectivity index (χ0v) is 19.4. The third kappa shape index (κ3) is 4.72. The van der Waals surface area contributed by atoms with Gasteiger partial charge in [0.15, 0.2) is 11.5 Å². The summed E-state index contributed by atoms with van der Waals surface area (Å²) in [6.07, 6.45) is 0. The van der Waals surface area contributed by atoms with Crippen LogP contribution in [0, 0.1) is 12.8 Å². The number of nitrogens with one attached hydrogen (secondary N) is 1. The summed E-state index contributed by atoms with van der Waals surface area (Å²) in [5, 5.41) is 0.935. The molecule has 3 rings (SSSR count). The number of fused-ring (bicyclic) bond motifs is 1. The van der Waals surface area contributed by atoms with Gasteiger partial charge in [-0.3, -0.25) is 9.59 Å². The van der Waals surface area contributed by atoms with Crippen molar-refractivity contribution in [2.45, 2.75) is 27.3 Å². The monoisotopic (exact) mass is 438 g/mol. The molecule has 1 aromatic heterocycles. The molecular weight excluding hydrogens is 408 g/mol. The number of carbonyl (C=O) groups excluding carboxylic acids is 1. The Morgan fingerprint density at radius 1 is 1.03 bits per heavy atom. The number of ether oxygens (including phenoxy) is 3. The zero-order chi connectivity index (χ0) is 23.4. The van der Waals surface area contributed by atoms with Crippen molar-refractivity contribution in [1.82, 2.24) is 9.88 Å². The molecule has 32 heavy (non-hydrogen) atoms. The number of para-hydroxylation sites is 1. The lowest BCUT2D eigenvalue weighted by atomic mass is 10.1. The van der Waals surface area contributed by atoms with Gasteiger partial charge in [-0.25, -0.2) is 0 Å². The van der Waals surface area contributed by atoms with Crippen LogP contribution in [0.25, 0.3) is 10.9 Å². The molecule has 0 saturated carbocycles. The Bertz CT molecular complexity index is 1160. The first kappa shape index (κ1) is 23.2. The van der Waals surface area contributed by atoms with E-state index in [4.69, 9.17) is 14.2 Å². The van der Waals surface area contributed by atoms with Crippen LogP contribution in [-0.4, -0.2) is 43.7 Å². The van der Waals surface area contributed by atoms with Gasteiger partial charge in [-0.1, -0.05) is 32.0 Å². The van der Waals surface area contributed by atoms with Crippen LogP contribution < -0.4 is 19.8 Å². The van der Waals surface area contributed by atoms with E-state index in [1.165, 1.54) is 21.3 Å². The van der Waals surface area contributed by atoms with Crippen molar-refractivity contribution < 1.29 is 19.0 Å². The van der Waals surface area contributed by atoms with Gasteiger partial charge in [0.25, 0.3) is 11.5 Å². The van der Waals surface area contributed by atoms with Gasteiger partial charge in [-0.15, -0.1) is 0 Å². The predicted molar refractivity (Wildman–Crippen MR) is 125 cm³/mol. The second kappa shape index (κ2) is 9.77. The maximum atomic E-state index is 13.5. The number of hydrogen-bond acceptors (Lipinski definition) is 5. The quantitative estimate of drug-likeness (QED) is 0.571. The topological polar surface area (TPSA) is 80.9 Å².